The third-order valence-corrected chi connectivity index (χ3v) is 5.92. The van der Waals surface area contributed by atoms with E-state index in [2.05, 4.69) is 20.3 Å². The average molecular weight is 459 g/mol. The Labute approximate surface area is 188 Å². The molecule has 0 saturated carbocycles. The molecular weight excluding hydrogens is 439 g/mol. The summed E-state index contributed by atoms with van der Waals surface area (Å²) in [5.41, 5.74) is 1.56. The first kappa shape index (κ1) is 21.5. The molecule has 0 aliphatic heterocycles. The van der Waals surface area contributed by atoms with E-state index >= 15 is 0 Å². The Kier molecular flexibility index (Phi) is 6.35. The van der Waals surface area contributed by atoms with Crippen molar-refractivity contribution in [3.8, 4) is 17.1 Å². The maximum absolute atomic E-state index is 13.5. The van der Waals surface area contributed by atoms with E-state index in [1.165, 1.54) is 23.9 Å². The molecule has 0 spiro atoms. The van der Waals surface area contributed by atoms with Crippen LogP contribution in [0.4, 0.5) is 4.39 Å². The molecule has 2 heterocycles. The Morgan fingerprint density at radius 3 is 2.65 bits per heavy atom. The first-order chi connectivity index (χ1) is 14.9. The Bertz CT molecular complexity index is 1180. The van der Waals surface area contributed by atoms with Crippen LogP contribution in [0.5, 0.6) is 0 Å². The SMILES string of the molecule is CC(c1nnc(SCc2nc(-c3cccc(Cl)c3)no2)n1-c1ccc(F)cc1)N(C)C. The van der Waals surface area contributed by atoms with Crippen molar-refractivity contribution in [3.63, 3.8) is 0 Å². The molecule has 2 aromatic carbocycles. The Morgan fingerprint density at radius 2 is 1.94 bits per heavy atom. The highest BCUT2D eigenvalue weighted by Crippen LogP contribution is 2.29. The molecule has 0 amide bonds. The van der Waals surface area contributed by atoms with Crippen molar-refractivity contribution in [1.82, 2.24) is 29.8 Å². The van der Waals surface area contributed by atoms with Crippen molar-refractivity contribution in [1.29, 1.82) is 0 Å². The predicted octanol–water partition coefficient (Wildman–Crippen LogP) is 5.02. The lowest BCUT2D eigenvalue weighted by Crippen LogP contribution is -2.20. The molecule has 4 aromatic rings. The summed E-state index contributed by atoms with van der Waals surface area (Å²) in [6.07, 6.45) is 0. The first-order valence-corrected chi connectivity index (χ1v) is 10.9. The second-order valence-electron chi connectivity index (χ2n) is 7.10. The maximum Gasteiger partial charge on any atom is 0.237 e. The molecule has 0 N–H and O–H groups in total. The molecule has 0 aliphatic rings. The number of benzene rings is 2. The van der Waals surface area contributed by atoms with Crippen molar-refractivity contribution in [3.05, 3.63) is 71.1 Å². The summed E-state index contributed by atoms with van der Waals surface area (Å²) in [4.78, 5) is 6.48. The molecule has 4 rings (SSSR count). The molecule has 1 unspecified atom stereocenters. The van der Waals surface area contributed by atoms with Crippen LogP contribution in [0.1, 0.15) is 24.7 Å². The molecule has 10 heteroatoms. The van der Waals surface area contributed by atoms with E-state index in [0.29, 0.717) is 27.6 Å². The van der Waals surface area contributed by atoms with Crippen LogP contribution in [-0.2, 0) is 5.75 Å². The van der Waals surface area contributed by atoms with Gasteiger partial charge in [0.05, 0.1) is 11.8 Å². The third-order valence-electron chi connectivity index (χ3n) is 4.77. The molecule has 0 fully saturated rings. The summed E-state index contributed by atoms with van der Waals surface area (Å²) < 4.78 is 20.8. The summed E-state index contributed by atoms with van der Waals surface area (Å²) >= 11 is 7.46. The molecule has 2 aromatic heterocycles. The zero-order valence-corrected chi connectivity index (χ0v) is 18.7. The lowest BCUT2D eigenvalue weighted by atomic mass is 10.2. The van der Waals surface area contributed by atoms with E-state index in [4.69, 9.17) is 16.1 Å². The Balaban J connectivity index is 1.59. The highest BCUT2D eigenvalue weighted by molar-refractivity contribution is 7.98. The van der Waals surface area contributed by atoms with Gasteiger partial charge in [-0.15, -0.1) is 10.2 Å². The van der Waals surface area contributed by atoms with E-state index in [9.17, 15) is 4.39 Å². The van der Waals surface area contributed by atoms with Gasteiger partial charge in [0.25, 0.3) is 0 Å². The lowest BCUT2D eigenvalue weighted by molar-refractivity contribution is 0.305. The van der Waals surface area contributed by atoms with Crippen molar-refractivity contribution in [2.75, 3.05) is 14.1 Å². The summed E-state index contributed by atoms with van der Waals surface area (Å²) in [5, 5.41) is 14.0. The van der Waals surface area contributed by atoms with Crippen molar-refractivity contribution < 1.29 is 8.91 Å². The number of rotatable bonds is 7. The standard InChI is InChI=1S/C21H20ClFN6OS/c1-13(28(2)3)20-25-26-21(29(20)17-9-7-16(23)8-10-17)31-12-18-24-19(27-30-18)14-5-4-6-15(22)11-14/h4-11,13H,12H2,1-3H3. The minimum atomic E-state index is -0.298. The number of aromatic nitrogens is 5. The van der Waals surface area contributed by atoms with Gasteiger partial charge in [0.1, 0.15) is 5.82 Å². The minimum absolute atomic E-state index is 0.00439. The molecule has 31 heavy (non-hydrogen) atoms. The summed E-state index contributed by atoms with van der Waals surface area (Å²) in [6.45, 7) is 2.04. The number of halogens is 2. The van der Waals surface area contributed by atoms with Crippen LogP contribution < -0.4 is 0 Å². The Hall–Kier alpha value is -2.75. The minimum Gasteiger partial charge on any atom is -0.338 e. The molecular formula is C21H20ClFN6OS. The summed E-state index contributed by atoms with van der Waals surface area (Å²) in [7, 11) is 3.94. The molecule has 0 saturated heterocycles. The predicted molar refractivity (Wildman–Crippen MR) is 118 cm³/mol. The quantitative estimate of drug-likeness (QED) is 0.360. The van der Waals surface area contributed by atoms with E-state index in [-0.39, 0.29) is 11.9 Å². The van der Waals surface area contributed by atoms with Gasteiger partial charge in [0.15, 0.2) is 11.0 Å². The highest BCUT2D eigenvalue weighted by atomic mass is 35.5. The number of thioether (sulfide) groups is 1. The third kappa shape index (κ3) is 4.79. The van der Waals surface area contributed by atoms with Crippen LogP contribution in [0.25, 0.3) is 17.1 Å². The fourth-order valence-corrected chi connectivity index (χ4v) is 3.88. The molecule has 7 nitrogen and oxygen atoms in total. The van der Waals surface area contributed by atoms with Crippen molar-refractivity contribution in [2.24, 2.45) is 0 Å². The lowest BCUT2D eigenvalue weighted by Gasteiger charge is -2.20. The Morgan fingerprint density at radius 1 is 1.16 bits per heavy atom. The van der Waals surface area contributed by atoms with Crippen molar-refractivity contribution in [2.45, 2.75) is 23.9 Å². The largest absolute Gasteiger partial charge is 0.338 e. The first-order valence-electron chi connectivity index (χ1n) is 9.51. The number of nitrogens with zero attached hydrogens (tertiary/aromatic N) is 6. The van der Waals surface area contributed by atoms with Crippen LogP contribution in [0, 0.1) is 5.82 Å². The fraction of sp³-hybridized carbons (Fsp3) is 0.238. The second-order valence-corrected chi connectivity index (χ2v) is 8.48. The smallest absolute Gasteiger partial charge is 0.237 e. The molecule has 160 valence electrons. The van der Waals surface area contributed by atoms with Gasteiger partial charge in [0.2, 0.25) is 11.7 Å². The number of hydrogen-bond donors (Lipinski definition) is 0. The van der Waals surface area contributed by atoms with E-state index in [1.54, 1.807) is 24.3 Å². The monoisotopic (exact) mass is 458 g/mol. The number of hydrogen-bond acceptors (Lipinski definition) is 7. The second kappa shape index (κ2) is 9.17. The van der Waals surface area contributed by atoms with Gasteiger partial charge < -0.3 is 4.52 Å². The van der Waals surface area contributed by atoms with Gasteiger partial charge in [-0.05, 0) is 57.4 Å². The van der Waals surface area contributed by atoms with Gasteiger partial charge >= 0.3 is 0 Å². The topological polar surface area (TPSA) is 72.9 Å². The molecule has 1 atom stereocenters. The van der Waals surface area contributed by atoms with Gasteiger partial charge in [-0.3, -0.25) is 9.47 Å². The van der Waals surface area contributed by atoms with Crippen LogP contribution in [0.2, 0.25) is 5.02 Å². The van der Waals surface area contributed by atoms with Crippen LogP contribution in [0.15, 0.2) is 58.2 Å². The zero-order chi connectivity index (χ0) is 22.0. The summed E-state index contributed by atoms with van der Waals surface area (Å²) in [6, 6.07) is 13.5. The van der Waals surface area contributed by atoms with Gasteiger partial charge in [-0.25, -0.2) is 4.39 Å². The normalized spacial score (nSPS) is 12.5. The van der Waals surface area contributed by atoms with Crippen LogP contribution in [0.3, 0.4) is 0 Å². The van der Waals surface area contributed by atoms with Crippen molar-refractivity contribution >= 4 is 23.4 Å². The van der Waals surface area contributed by atoms with E-state index in [1.807, 2.05) is 42.6 Å². The fourth-order valence-electron chi connectivity index (χ4n) is 2.89. The maximum atomic E-state index is 13.5. The molecule has 0 bridgehead atoms. The van der Waals surface area contributed by atoms with Crippen LogP contribution in [-0.4, -0.2) is 43.9 Å². The highest BCUT2D eigenvalue weighted by Gasteiger charge is 2.21. The molecule has 0 aliphatic carbocycles. The van der Waals surface area contributed by atoms with Gasteiger partial charge in [-0.1, -0.05) is 40.7 Å². The van der Waals surface area contributed by atoms with Gasteiger partial charge in [0, 0.05) is 16.3 Å². The summed E-state index contributed by atoms with van der Waals surface area (Å²) in [5.74, 6) is 1.79. The van der Waals surface area contributed by atoms with Crippen LogP contribution >= 0.6 is 23.4 Å². The van der Waals surface area contributed by atoms with E-state index in [0.717, 1.165) is 17.1 Å². The van der Waals surface area contributed by atoms with Gasteiger partial charge in [-0.2, -0.15) is 4.98 Å². The van der Waals surface area contributed by atoms with E-state index < -0.39 is 0 Å². The zero-order valence-electron chi connectivity index (χ0n) is 17.2. The average Bonchev–Trinajstić information content (AvgIpc) is 3.39. The molecule has 0 radical (unpaired) electrons.